The molecule has 16 heavy (non-hydrogen) atoms. The quantitative estimate of drug-likeness (QED) is 0.556. The molecule has 94 valence electrons. The van der Waals surface area contributed by atoms with Crippen LogP contribution >= 0.6 is 19.4 Å². The fourth-order valence-corrected chi connectivity index (χ4v) is 3.94. The van der Waals surface area contributed by atoms with E-state index in [-0.39, 0.29) is 24.1 Å². The summed E-state index contributed by atoms with van der Waals surface area (Å²) in [5, 5.41) is 0.323. The Balaban J connectivity index is 2.57. The van der Waals surface area contributed by atoms with Crippen LogP contribution in [0.1, 0.15) is 0 Å². The van der Waals surface area contributed by atoms with Crippen LogP contribution in [-0.2, 0) is 18.6 Å². The molecule has 1 aliphatic heterocycles. The van der Waals surface area contributed by atoms with Crippen molar-refractivity contribution in [3.05, 3.63) is 0 Å². The van der Waals surface area contributed by atoms with Gasteiger partial charge in [0.1, 0.15) is 7.85 Å². The lowest BCUT2D eigenvalue weighted by atomic mass is 9.94. The molecule has 1 rings (SSSR count). The summed E-state index contributed by atoms with van der Waals surface area (Å²) in [6.45, 7) is 1.39. The van der Waals surface area contributed by atoms with Crippen molar-refractivity contribution in [2.45, 2.75) is 22.6 Å². The number of hydrogen-bond donors (Lipinski definition) is 1. The molecule has 0 bridgehead atoms. The van der Waals surface area contributed by atoms with Gasteiger partial charge in [-0.3, -0.25) is 4.57 Å². The summed E-state index contributed by atoms with van der Waals surface area (Å²) in [5.41, 5.74) is 0. The predicted molar refractivity (Wildman–Crippen MR) is 67.0 cm³/mol. The zero-order valence-electron chi connectivity index (χ0n) is 9.95. The van der Waals surface area contributed by atoms with E-state index in [1.807, 2.05) is 0 Å². The van der Waals surface area contributed by atoms with Crippen LogP contribution in [0.5, 0.6) is 0 Å². The van der Waals surface area contributed by atoms with Gasteiger partial charge in [0, 0.05) is 26.0 Å². The molecule has 0 aromatic rings. The SMILES string of the molecule is BC1SC(COP(C)(=O)O)C(OC)C1OC. The third-order valence-corrected chi connectivity index (χ3v) is 4.64. The largest absolute Gasteiger partial charge is 0.378 e. The van der Waals surface area contributed by atoms with Gasteiger partial charge in [0.25, 0.3) is 0 Å². The van der Waals surface area contributed by atoms with Crippen molar-refractivity contribution < 1.29 is 23.5 Å². The Labute approximate surface area is 101 Å². The second-order valence-electron chi connectivity index (χ2n) is 3.88. The maximum atomic E-state index is 11.1. The summed E-state index contributed by atoms with van der Waals surface area (Å²) in [6, 6.07) is 0. The molecule has 5 nitrogen and oxygen atoms in total. The molecular weight excluding hydrogens is 250 g/mol. The van der Waals surface area contributed by atoms with Crippen LogP contribution in [-0.4, -0.2) is 62.8 Å². The molecule has 0 spiro atoms. The van der Waals surface area contributed by atoms with Crippen molar-refractivity contribution in [1.29, 1.82) is 0 Å². The van der Waals surface area contributed by atoms with Crippen molar-refractivity contribution >= 4 is 27.2 Å². The number of hydrogen-bond acceptors (Lipinski definition) is 5. The van der Waals surface area contributed by atoms with Crippen LogP contribution in [0, 0.1) is 0 Å². The van der Waals surface area contributed by atoms with Gasteiger partial charge in [-0.05, 0) is 0 Å². The van der Waals surface area contributed by atoms with Gasteiger partial charge in [-0.2, -0.15) is 11.8 Å². The smallest absolute Gasteiger partial charge is 0.325 e. The first-order chi connectivity index (χ1) is 7.39. The van der Waals surface area contributed by atoms with Crippen LogP contribution in [0.15, 0.2) is 0 Å². The number of methoxy groups -OCH3 is 2. The molecule has 1 fully saturated rings. The highest BCUT2D eigenvalue weighted by atomic mass is 32.2. The first-order valence-corrected chi connectivity index (χ1v) is 8.01. The van der Waals surface area contributed by atoms with E-state index in [1.54, 1.807) is 26.0 Å². The van der Waals surface area contributed by atoms with Gasteiger partial charge in [0.2, 0.25) is 0 Å². The molecule has 0 amide bonds. The third kappa shape index (κ3) is 3.76. The van der Waals surface area contributed by atoms with Crippen molar-refractivity contribution in [2.75, 3.05) is 27.5 Å². The molecule has 0 aromatic heterocycles. The molecule has 0 aromatic carbocycles. The topological polar surface area (TPSA) is 65.0 Å². The van der Waals surface area contributed by atoms with E-state index in [2.05, 4.69) is 7.85 Å². The van der Waals surface area contributed by atoms with E-state index < -0.39 is 7.60 Å². The van der Waals surface area contributed by atoms with E-state index in [4.69, 9.17) is 18.9 Å². The summed E-state index contributed by atoms with van der Waals surface area (Å²) in [4.78, 5) is 9.08. The molecule has 5 unspecified atom stereocenters. The van der Waals surface area contributed by atoms with Crippen molar-refractivity contribution in [2.24, 2.45) is 0 Å². The van der Waals surface area contributed by atoms with Crippen LogP contribution in [0.3, 0.4) is 0 Å². The molecule has 0 radical (unpaired) electrons. The summed E-state index contributed by atoms with van der Waals surface area (Å²) in [5.74, 6) is 0. The third-order valence-electron chi connectivity index (χ3n) is 2.57. The minimum atomic E-state index is -3.41. The highest BCUT2D eigenvalue weighted by Crippen LogP contribution is 2.41. The summed E-state index contributed by atoms with van der Waals surface area (Å²) in [6.07, 6.45) is -0.102. The Kier molecular flexibility index (Phi) is 5.36. The summed E-state index contributed by atoms with van der Waals surface area (Å²) >= 11 is 1.66. The van der Waals surface area contributed by atoms with Gasteiger partial charge in [0.15, 0.2) is 0 Å². The Hall–Kier alpha value is 0.485. The number of rotatable bonds is 5. The molecule has 1 saturated heterocycles. The maximum absolute atomic E-state index is 11.1. The minimum Gasteiger partial charge on any atom is -0.378 e. The lowest BCUT2D eigenvalue weighted by Crippen LogP contribution is -2.37. The Bertz CT molecular complexity index is 273. The second-order valence-corrected chi connectivity index (χ2v) is 7.36. The predicted octanol–water partition coefficient (Wildman–Crippen LogP) is -0.0772. The molecule has 1 heterocycles. The Morgan fingerprint density at radius 2 is 1.94 bits per heavy atom. The van der Waals surface area contributed by atoms with Crippen LogP contribution in [0.2, 0.25) is 0 Å². The molecule has 0 aliphatic carbocycles. The van der Waals surface area contributed by atoms with E-state index in [0.29, 0.717) is 5.15 Å². The van der Waals surface area contributed by atoms with Crippen LogP contribution in [0.25, 0.3) is 0 Å². The first-order valence-electron chi connectivity index (χ1n) is 5.05. The number of ether oxygens (including phenoxy) is 2. The van der Waals surface area contributed by atoms with Crippen molar-refractivity contribution in [1.82, 2.24) is 0 Å². The van der Waals surface area contributed by atoms with Gasteiger partial charge in [-0.25, -0.2) is 0 Å². The molecule has 8 heteroatoms. The zero-order valence-corrected chi connectivity index (χ0v) is 11.7. The average molecular weight is 268 g/mol. The number of thioether (sulfide) groups is 1. The van der Waals surface area contributed by atoms with Crippen molar-refractivity contribution in [3.8, 4) is 0 Å². The van der Waals surface area contributed by atoms with Gasteiger partial charge in [-0.1, -0.05) is 0 Å². The highest BCUT2D eigenvalue weighted by Gasteiger charge is 2.42. The Morgan fingerprint density at radius 1 is 1.38 bits per heavy atom. The molecule has 1 N–H and O–H groups in total. The lowest BCUT2D eigenvalue weighted by Gasteiger charge is -2.22. The first kappa shape index (κ1) is 14.5. The van der Waals surface area contributed by atoms with Crippen molar-refractivity contribution in [3.63, 3.8) is 0 Å². The van der Waals surface area contributed by atoms with Gasteiger partial charge in [0.05, 0.1) is 24.1 Å². The highest BCUT2D eigenvalue weighted by molar-refractivity contribution is 8.02. The molecule has 1 aliphatic rings. The van der Waals surface area contributed by atoms with Crippen LogP contribution < -0.4 is 0 Å². The van der Waals surface area contributed by atoms with Gasteiger partial charge in [-0.15, -0.1) is 0 Å². The minimum absolute atomic E-state index is 0.00136. The zero-order chi connectivity index (χ0) is 12.3. The molecular formula is C8H18BO5PS. The van der Waals surface area contributed by atoms with E-state index in [0.717, 1.165) is 0 Å². The molecule has 0 saturated carbocycles. The van der Waals surface area contributed by atoms with Gasteiger partial charge < -0.3 is 18.9 Å². The average Bonchev–Trinajstić information content (AvgIpc) is 2.49. The normalized spacial score (nSPS) is 38.5. The molecule has 5 atom stereocenters. The second kappa shape index (κ2) is 5.89. The fourth-order valence-electron chi connectivity index (χ4n) is 1.87. The van der Waals surface area contributed by atoms with Gasteiger partial charge >= 0.3 is 7.60 Å². The summed E-state index contributed by atoms with van der Waals surface area (Å²) < 4.78 is 26.7. The monoisotopic (exact) mass is 268 g/mol. The van der Waals surface area contributed by atoms with E-state index >= 15 is 0 Å². The fraction of sp³-hybridized carbons (Fsp3) is 1.00. The van der Waals surface area contributed by atoms with Crippen LogP contribution in [0.4, 0.5) is 0 Å². The standard InChI is InChI=1S/C8H18BO5PS/c1-12-6-5(4-14-15(3,10)11)16-8(9)7(6)13-2/h5-8H,4,9H2,1-3H3,(H,10,11). The Morgan fingerprint density at radius 3 is 2.38 bits per heavy atom. The lowest BCUT2D eigenvalue weighted by molar-refractivity contribution is -0.0254. The van der Waals surface area contributed by atoms with E-state index in [9.17, 15) is 4.57 Å². The maximum Gasteiger partial charge on any atom is 0.325 e. The summed E-state index contributed by atoms with van der Waals surface area (Å²) in [7, 11) is 1.90. The van der Waals surface area contributed by atoms with E-state index in [1.165, 1.54) is 6.66 Å².